The first-order valence-corrected chi connectivity index (χ1v) is 11.9. The molecule has 0 radical (unpaired) electrons. The van der Waals surface area contributed by atoms with E-state index in [0.717, 1.165) is 81.1 Å². The van der Waals surface area contributed by atoms with Crippen molar-refractivity contribution >= 4 is 11.7 Å². The summed E-state index contributed by atoms with van der Waals surface area (Å²) in [7, 11) is 0. The number of aryl methyl sites for hydroxylation is 1. The van der Waals surface area contributed by atoms with Crippen molar-refractivity contribution in [3.8, 4) is 0 Å². The molecule has 3 heterocycles. The minimum atomic E-state index is -0.192. The standard InChI is InChI=1S/C27H31N3O3/c1-18-14-23-21(15-25(18)28-3)7-13-32-26(23)16-30-11-9-29(10-12-30)8-6-20-4-5-22-24(19(20)2)17-33-27(22)31/h4-5,14-15,26H,6-13,16-17H2,1-2H3. The van der Waals surface area contributed by atoms with Crippen LogP contribution in [-0.4, -0.2) is 61.6 Å². The van der Waals surface area contributed by atoms with Crippen molar-refractivity contribution in [2.24, 2.45) is 0 Å². The summed E-state index contributed by atoms with van der Waals surface area (Å²) in [5, 5.41) is 0. The lowest BCUT2D eigenvalue weighted by Gasteiger charge is -2.38. The first-order valence-electron chi connectivity index (χ1n) is 11.9. The van der Waals surface area contributed by atoms with Crippen molar-refractivity contribution in [3.05, 3.63) is 74.6 Å². The molecule has 1 atom stereocenters. The Bertz CT molecular complexity index is 1110. The fourth-order valence-corrected chi connectivity index (χ4v) is 5.33. The molecule has 33 heavy (non-hydrogen) atoms. The van der Waals surface area contributed by atoms with Gasteiger partial charge >= 0.3 is 5.97 Å². The molecule has 0 bridgehead atoms. The molecule has 0 N–H and O–H groups in total. The van der Waals surface area contributed by atoms with Gasteiger partial charge in [-0.15, -0.1) is 0 Å². The number of cyclic esters (lactones) is 1. The highest BCUT2D eigenvalue weighted by Crippen LogP contribution is 2.33. The third-order valence-corrected chi connectivity index (χ3v) is 7.48. The number of benzene rings is 2. The molecule has 3 aliphatic rings. The molecule has 172 valence electrons. The molecule has 2 aromatic rings. The maximum atomic E-state index is 11.8. The molecule has 1 unspecified atom stereocenters. The molecule has 0 saturated carbocycles. The van der Waals surface area contributed by atoms with Crippen LogP contribution < -0.4 is 0 Å². The molecule has 3 aliphatic heterocycles. The molecule has 5 rings (SSSR count). The van der Waals surface area contributed by atoms with Crippen LogP contribution in [0.15, 0.2) is 24.3 Å². The Kier molecular flexibility index (Phi) is 6.20. The van der Waals surface area contributed by atoms with Crippen molar-refractivity contribution in [2.75, 3.05) is 45.9 Å². The lowest BCUT2D eigenvalue weighted by atomic mass is 9.94. The SMILES string of the molecule is [C-]#[N+]c1cc2c(cc1C)C(CN1CCN(CCc3ccc4c(c3C)COC4=O)CC1)OCC2. The summed E-state index contributed by atoms with van der Waals surface area (Å²) in [6, 6.07) is 8.25. The number of carbonyl (C=O) groups excluding carboxylic acids is 1. The molecule has 0 aliphatic carbocycles. The van der Waals surface area contributed by atoms with Crippen molar-refractivity contribution in [1.82, 2.24) is 9.80 Å². The smallest absolute Gasteiger partial charge is 0.338 e. The quantitative estimate of drug-likeness (QED) is 0.514. The van der Waals surface area contributed by atoms with E-state index >= 15 is 0 Å². The highest BCUT2D eigenvalue weighted by Gasteiger charge is 2.27. The van der Waals surface area contributed by atoms with E-state index in [2.05, 4.69) is 39.8 Å². The molecule has 0 aromatic heterocycles. The molecule has 2 aromatic carbocycles. The van der Waals surface area contributed by atoms with Gasteiger partial charge in [0.15, 0.2) is 5.69 Å². The Morgan fingerprint density at radius 3 is 2.70 bits per heavy atom. The zero-order valence-corrected chi connectivity index (χ0v) is 19.5. The fraction of sp³-hybridized carbons (Fsp3) is 0.481. The summed E-state index contributed by atoms with van der Waals surface area (Å²) in [5.41, 5.74) is 8.67. The Balaban J connectivity index is 1.15. The summed E-state index contributed by atoms with van der Waals surface area (Å²) in [6.45, 7) is 18.8. The van der Waals surface area contributed by atoms with Crippen molar-refractivity contribution in [2.45, 2.75) is 39.4 Å². The van der Waals surface area contributed by atoms with E-state index in [9.17, 15) is 4.79 Å². The van der Waals surface area contributed by atoms with E-state index in [1.165, 1.54) is 22.3 Å². The number of hydrogen-bond donors (Lipinski definition) is 0. The maximum absolute atomic E-state index is 11.8. The molecule has 1 saturated heterocycles. The van der Waals surface area contributed by atoms with Gasteiger partial charge in [0.25, 0.3) is 0 Å². The topological polar surface area (TPSA) is 46.4 Å². The second-order valence-electron chi connectivity index (χ2n) is 9.40. The van der Waals surface area contributed by atoms with Crippen LogP contribution in [0.3, 0.4) is 0 Å². The van der Waals surface area contributed by atoms with E-state index in [-0.39, 0.29) is 12.1 Å². The van der Waals surface area contributed by atoms with Crippen LogP contribution in [0.1, 0.15) is 49.8 Å². The van der Waals surface area contributed by atoms with Crippen LogP contribution in [-0.2, 0) is 28.9 Å². The van der Waals surface area contributed by atoms with Gasteiger partial charge in [-0.25, -0.2) is 9.64 Å². The predicted molar refractivity (Wildman–Crippen MR) is 127 cm³/mol. The maximum Gasteiger partial charge on any atom is 0.338 e. The Hall–Kier alpha value is -2.72. The number of rotatable bonds is 5. The number of carbonyl (C=O) groups is 1. The number of esters is 1. The predicted octanol–water partition coefficient (Wildman–Crippen LogP) is 4.00. The lowest BCUT2D eigenvalue weighted by molar-refractivity contribution is 0.00467. The molecule has 6 nitrogen and oxygen atoms in total. The molecular weight excluding hydrogens is 414 g/mol. The van der Waals surface area contributed by atoms with Gasteiger partial charge in [-0.1, -0.05) is 23.8 Å². The van der Waals surface area contributed by atoms with E-state index in [1.54, 1.807) is 0 Å². The number of fused-ring (bicyclic) bond motifs is 2. The Morgan fingerprint density at radius 1 is 1.12 bits per heavy atom. The van der Waals surface area contributed by atoms with Gasteiger partial charge in [0, 0.05) is 44.8 Å². The molecule has 0 amide bonds. The first kappa shape index (κ1) is 22.1. The van der Waals surface area contributed by atoms with Crippen molar-refractivity contribution in [1.29, 1.82) is 0 Å². The monoisotopic (exact) mass is 445 g/mol. The van der Waals surface area contributed by atoms with Crippen LogP contribution in [0, 0.1) is 20.4 Å². The van der Waals surface area contributed by atoms with Gasteiger partial charge in [-0.2, -0.15) is 0 Å². The van der Waals surface area contributed by atoms with Crippen LogP contribution >= 0.6 is 0 Å². The second kappa shape index (κ2) is 9.26. The zero-order chi connectivity index (χ0) is 22.9. The van der Waals surface area contributed by atoms with E-state index < -0.39 is 0 Å². The Labute approximate surface area is 195 Å². The third kappa shape index (κ3) is 4.41. The van der Waals surface area contributed by atoms with Crippen LogP contribution in [0.25, 0.3) is 4.85 Å². The number of hydrogen-bond acceptors (Lipinski definition) is 5. The lowest BCUT2D eigenvalue weighted by Crippen LogP contribution is -2.48. The second-order valence-corrected chi connectivity index (χ2v) is 9.40. The summed E-state index contributed by atoms with van der Waals surface area (Å²) >= 11 is 0. The Morgan fingerprint density at radius 2 is 1.91 bits per heavy atom. The van der Waals surface area contributed by atoms with Gasteiger partial charge < -0.3 is 14.4 Å². The number of ether oxygens (including phenoxy) is 2. The van der Waals surface area contributed by atoms with Gasteiger partial charge in [0.1, 0.15) is 6.61 Å². The number of nitrogens with zero attached hydrogens (tertiary/aromatic N) is 3. The van der Waals surface area contributed by atoms with Gasteiger partial charge in [-0.3, -0.25) is 4.90 Å². The average molecular weight is 446 g/mol. The summed E-state index contributed by atoms with van der Waals surface area (Å²) in [4.78, 5) is 20.5. The molecular formula is C27H31N3O3. The first-order chi connectivity index (χ1) is 16.0. The van der Waals surface area contributed by atoms with Gasteiger partial charge in [-0.05, 0) is 55.0 Å². The van der Waals surface area contributed by atoms with E-state index in [4.69, 9.17) is 16.0 Å². The fourth-order valence-electron chi connectivity index (χ4n) is 5.33. The van der Waals surface area contributed by atoms with Gasteiger partial charge in [0.05, 0.1) is 24.8 Å². The molecule has 6 heteroatoms. The third-order valence-electron chi connectivity index (χ3n) is 7.48. The normalized spacial score (nSPS) is 20.8. The van der Waals surface area contributed by atoms with Crippen LogP contribution in [0.2, 0.25) is 0 Å². The summed E-state index contributed by atoms with van der Waals surface area (Å²) < 4.78 is 11.3. The summed E-state index contributed by atoms with van der Waals surface area (Å²) in [5.74, 6) is -0.192. The van der Waals surface area contributed by atoms with E-state index in [0.29, 0.717) is 6.61 Å². The minimum Gasteiger partial charge on any atom is -0.457 e. The average Bonchev–Trinajstić information content (AvgIpc) is 3.21. The molecule has 0 spiro atoms. The highest BCUT2D eigenvalue weighted by molar-refractivity contribution is 5.93. The van der Waals surface area contributed by atoms with Crippen LogP contribution in [0.4, 0.5) is 5.69 Å². The summed E-state index contributed by atoms with van der Waals surface area (Å²) in [6.07, 6.45) is 1.98. The minimum absolute atomic E-state index is 0.0952. The van der Waals surface area contributed by atoms with E-state index in [1.807, 2.05) is 13.0 Å². The number of piperazine rings is 1. The zero-order valence-electron chi connectivity index (χ0n) is 19.5. The van der Waals surface area contributed by atoms with Crippen molar-refractivity contribution < 1.29 is 14.3 Å². The van der Waals surface area contributed by atoms with Gasteiger partial charge in [0.2, 0.25) is 0 Å². The largest absolute Gasteiger partial charge is 0.457 e. The van der Waals surface area contributed by atoms with Crippen LogP contribution in [0.5, 0.6) is 0 Å². The van der Waals surface area contributed by atoms with Crippen molar-refractivity contribution in [3.63, 3.8) is 0 Å². The highest BCUT2D eigenvalue weighted by atomic mass is 16.5. The molecule has 1 fully saturated rings.